The zero-order chi connectivity index (χ0) is 26.9. The molecular weight excluding hydrogens is 523 g/mol. The van der Waals surface area contributed by atoms with Gasteiger partial charge in [-0.3, -0.25) is 10.1 Å². The first-order valence-electron chi connectivity index (χ1n) is 10.2. The maximum atomic E-state index is 14.9. The van der Waals surface area contributed by atoms with Crippen molar-refractivity contribution in [1.82, 2.24) is 14.9 Å². The number of aryl methyl sites for hydroxylation is 1. The third-order valence-electron chi connectivity index (χ3n) is 5.63. The molecular formula is C21H20ClFN4O8S. The smallest absolute Gasteiger partial charge is 0.434 e. The molecule has 1 heterocycles. The summed E-state index contributed by atoms with van der Waals surface area (Å²) in [6, 6.07) is 2.65. The first-order valence-corrected chi connectivity index (χ1v) is 12.0. The lowest BCUT2D eigenvalue weighted by Gasteiger charge is -2.25. The molecule has 2 aromatic carbocycles. The van der Waals surface area contributed by atoms with Crippen molar-refractivity contribution in [1.29, 1.82) is 0 Å². The molecule has 0 saturated carbocycles. The van der Waals surface area contributed by atoms with Crippen LogP contribution in [0.1, 0.15) is 51.8 Å². The van der Waals surface area contributed by atoms with E-state index in [4.69, 9.17) is 16.0 Å². The minimum absolute atomic E-state index is 0.114. The number of H-pyrrole nitrogens is 1. The van der Waals surface area contributed by atoms with Crippen molar-refractivity contribution >= 4 is 33.3 Å². The Balaban J connectivity index is 2.22. The van der Waals surface area contributed by atoms with Crippen LogP contribution >= 0.6 is 11.6 Å². The third kappa shape index (κ3) is 5.15. The van der Waals surface area contributed by atoms with E-state index in [1.54, 1.807) is 19.9 Å². The van der Waals surface area contributed by atoms with Gasteiger partial charge in [-0.1, -0.05) is 24.6 Å². The van der Waals surface area contributed by atoms with Gasteiger partial charge in [0.05, 0.1) is 17.6 Å². The number of nitro groups is 1. The first kappa shape index (κ1) is 27.0. The molecule has 0 radical (unpaired) electrons. The Morgan fingerprint density at radius 3 is 2.56 bits per heavy atom. The number of nitrogens with zero attached hydrogens (tertiary/aromatic N) is 2. The number of nitro benzene ring substituents is 1. The second-order valence-electron chi connectivity index (χ2n) is 7.79. The molecule has 0 saturated heterocycles. The highest BCUT2D eigenvalue weighted by Crippen LogP contribution is 2.37. The van der Waals surface area contributed by atoms with E-state index in [0.29, 0.717) is 17.2 Å². The molecule has 0 aliphatic heterocycles. The SMILES string of the molecule is COC(=O)c1cc(Cl)c([N+](=O)[O-])cc1S(=O)(=O)NC(c1n[nH]c(=O)o1)C(C)c1c(F)ccc(C)c1C. The predicted molar refractivity (Wildman–Crippen MR) is 124 cm³/mol. The summed E-state index contributed by atoms with van der Waals surface area (Å²) in [5, 5.41) is 16.6. The number of carbonyl (C=O) groups is 1. The predicted octanol–water partition coefficient (Wildman–Crippen LogP) is 3.29. The minimum atomic E-state index is -4.80. The number of hydrogen-bond donors (Lipinski definition) is 2. The molecule has 2 atom stereocenters. The standard InChI is InChI=1S/C21H20ClFN4O8S/c1-9-5-6-14(23)17(10(9)2)11(3)18(19-24-25-21(29)35-19)26-36(32,33)16-8-15(27(30)31)13(22)7-12(16)20(28)34-4/h5-8,11,18,26H,1-4H3,(H,25,29). The highest BCUT2D eigenvalue weighted by molar-refractivity contribution is 7.89. The number of methoxy groups -OCH3 is 1. The van der Waals surface area contributed by atoms with Crippen molar-refractivity contribution in [2.45, 2.75) is 37.6 Å². The Hall–Kier alpha value is -3.62. The number of nitrogens with one attached hydrogen (secondary N) is 2. The summed E-state index contributed by atoms with van der Waals surface area (Å²) >= 11 is 5.86. The fourth-order valence-corrected chi connectivity index (χ4v) is 5.37. The normalized spacial score (nSPS) is 13.3. The number of hydrogen-bond acceptors (Lipinski definition) is 9. The maximum Gasteiger partial charge on any atom is 0.434 e. The Labute approximate surface area is 208 Å². The van der Waals surface area contributed by atoms with Crippen molar-refractivity contribution in [3.8, 4) is 0 Å². The zero-order valence-corrected chi connectivity index (χ0v) is 20.9. The average Bonchev–Trinajstić information content (AvgIpc) is 3.24. The van der Waals surface area contributed by atoms with Crippen LogP contribution in [0.3, 0.4) is 0 Å². The molecule has 0 aliphatic carbocycles. The van der Waals surface area contributed by atoms with Crippen molar-refractivity contribution in [3.05, 3.63) is 83.9 Å². The second-order valence-corrected chi connectivity index (χ2v) is 9.88. The van der Waals surface area contributed by atoms with Gasteiger partial charge in [0.25, 0.3) is 5.69 Å². The van der Waals surface area contributed by atoms with Crippen molar-refractivity contribution in [3.63, 3.8) is 0 Å². The van der Waals surface area contributed by atoms with E-state index in [1.807, 2.05) is 5.10 Å². The van der Waals surface area contributed by atoms with Crippen LogP contribution in [0.2, 0.25) is 5.02 Å². The highest BCUT2D eigenvalue weighted by Gasteiger charge is 2.36. The molecule has 0 amide bonds. The molecule has 192 valence electrons. The molecule has 1 aromatic heterocycles. The van der Waals surface area contributed by atoms with Crippen LogP contribution in [0, 0.1) is 29.8 Å². The van der Waals surface area contributed by atoms with Gasteiger partial charge in [0.2, 0.25) is 15.9 Å². The summed E-state index contributed by atoms with van der Waals surface area (Å²) in [5.41, 5.74) is -0.0372. The van der Waals surface area contributed by atoms with E-state index in [9.17, 15) is 32.5 Å². The number of aromatic amines is 1. The Bertz CT molecular complexity index is 1520. The Morgan fingerprint density at radius 2 is 2.00 bits per heavy atom. The summed E-state index contributed by atoms with van der Waals surface area (Å²) in [7, 11) is -3.82. The average molecular weight is 543 g/mol. The van der Waals surface area contributed by atoms with E-state index >= 15 is 0 Å². The number of aromatic nitrogens is 2. The largest absolute Gasteiger partial charge is 0.465 e. The van der Waals surface area contributed by atoms with E-state index in [0.717, 1.165) is 13.2 Å². The van der Waals surface area contributed by atoms with E-state index in [-0.39, 0.29) is 5.56 Å². The van der Waals surface area contributed by atoms with Gasteiger partial charge in [0.15, 0.2) is 0 Å². The van der Waals surface area contributed by atoms with Crippen LogP contribution < -0.4 is 10.5 Å². The lowest BCUT2D eigenvalue weighted by atomic mass is 9.88. The summed E-state index contributed by atoms with van der Waals surface area (Å²) in [5.74, 6) is -4.22. The van der Waals surface area contributed by atoms with Crippen molar-refractivity contribution in [2.24, 2.45) is 0 Å². The number of benzene rings is 2. The molecule has 3 rings (SSSR count). The van der Waals surface area contributed by atoms with E-state index in [1.165, 1.54) is 13.0 Å². The number of ether oxygens (including phenoxy) is 1. The van der Waals surface area contributed by atoms with Gasteiger partial charge in [-0.2, -0.15) is 4.72 Å². The fourth-order valence-electron chi connectivity index (χ4n) is 3.68. The number of sulfonamides is 1. The Morgan fingerprint density at radius 1 is 1.33 bits per heavy atom. The Kier molecular flexibility index (Phi) is 7.62. The molecule has 36 heavy (non-hydrogen) atoms. The van der Waals surface area contributed by atoms with Crippen molar-refractivity contribution in [2.75, 3.05) is 7.11 Å². The van der Waals surface area contributed by atoms with Crippen LogP contribution in [-0.4, -0.2) is 36.6 Å². The topological polar surface area (TPSA) is 174 Å². The van der Waals surface area contributed by atoms with Crippen LogP contribution in [0.15, 0.2) is 38.4 Å². The highest BCUT2D eigenvalue weighted by atomic mass is 35.5. The molecule has 0 bridgehead atoms. The quantitative estimate of drug-likeness (QED) is 0.246. The van der Waals surface area contributed by atoms with Gasteiger partial charge in [-0.05, 0) is 42.7 Å². The van der Waals surface area contributed by atoms with Crippen LogP contribution in [-0.2, 0) is 14.8 Å². The maximum absolute atomic E-state index is 14.9. The molecule has 0 aliphatic rings. The number of halogens is 2. The number of rotatable bonds is 8. The lowest BCUT2D eigenvalue weighted by molar-refractivity contribution is -0.384. The monoisotopic (exact) mass is 542 g/mol. The summed E-state index contributed by atoms with van der Waals surface area (Å²) in [6.45, 7) is 4.83. The summed E-state index contributed by atoms with van der Waals surface area (Å²) < 4.78 is 53.6. The number of carbonyl (C=O) groups excluding carboxylic acids is 1. The van der Waals surface area contributed by atoms with Crippen LogP contribution in [0.5, 0.6) is 0 Å². The van der Waals surface area contributed by atoms with Crippen LogP contribution in [0.25, 0.3) is 0 Å². The van der Waals surface area contributed by atoms with Gasteiger partial charge in [-0.25, -0.2) is 27.5 Å². The van der Waals surface area contributed by atoms with Gasteiger partial charge >= 0.3 is 11.7 Å². The molecule has 0 fully saturated rings. The lowest BCUT2D eigenvalue weighted by Crippen LogP contribution is -2.34. The molecule has 2 unspecified atom stereocenters. The fraction of sp³-hybridized carbons (Fsp3) is 0.286. The summed E-state index contributed by atoms with van der Waals surface area (Å²) in [4.78, 5) is 33.5. The van der Waals surface area contributed by atoms with Crippen molar-refractivity contribution < 1.29 is 31.7 Å². The summed E-state index contributed by atoms with van der Waals surface area (Å²) in [6.07, 6.45) is 0. The first-order chi connectivity index (χ1) is 16.8. The van der Waals surface area contributed by atoms with Gasteiger partial charge in [0.1, 0.15) is 21.8 Å². The van der Waals surface area contributed by atoms with E-state index in [2.05, 4.69) is 14.6 Å². The third-order valence-corrected chi connectivity index (χ3v) is 7.41. The minimum Gasteiger partial charge on any atom is -0.465 e. The zero-order valence-electron chi connectivity index (χ0n) is 19.3. The second kappa shape index (κ2) is 10.2. The van der Waals surface area contributed by atoms with Crippen LogP contribution in [0.4, 0.5) is 10.1 Å². The molecule has 3 aromatic rings. The van der Waals surface area contributed by atoms with E-state index < -0.39 is 71.5 Å². The van der Waals surface area contributed by atoms with Gasteiger partial charge in [0, 0.05) is 12.0 Å². The molecule has 15 heteroatoms. The number of esters is 1. The van der Waals surface area contributed by atoms with Gasteiger partial charge < -0.3 is 9.15 Å². The molecule has 0 spiro atoms. The van der Waals surface area contributed by atoms with Gasteiger partial charge in [-0.15, -0.1) is 5.10 Å². The molecule has 12 nitrogen and oxygen atoms in total. The molecule has 2 N–H and O–H groups in total.